The molecule has 8 atom stereocenters. The van der Waals surface area contributed by atoms with Crippen molar-refractivity contribution in [3.63, 3.8) is 0 Å². The van der Waals surface area contributed by atoms with Crippen molar-refractivity contribution in [2.75, 3.05) is 0 Å². The SMILES string of the molecule is CCCCCCCC[C@H]1CC[C@H]2[C@@H]3C[C@@]4(N=NC(=S)N4N)[C@H]4CCCC[C@]4(C)[C@H]3CC[C@]12C. The number of rotatable bonds is 7. The summed E-state index contributed by atoms with van der Waals surface area (Å²) in [5.74, 6) is 10.5. The summed E-state index contributed by atoms with van der Waals surface area (Å²) in [6.07, 6.45) is 22.0. The molecule has 5 heteroatoms. The highest BCUT2D eigenvalue weighted by atomic mass is 32.1. The molecule has 0 aromatic heterocycles. The molecule has 0 unspecified atom stereocenters. The van der Waals surface area contributed by atoms with Gasteiger partial charge in [0.2, 0.25) is 5.11 Å². The lowest BCUT2D eigenvalue weighted by Crippen LogP contribution is -2.67. The Labute approximate surface area is 207 Å². The van der Waals surface area contributed by atoms with Crippen molar-refractivity contribution in [2.24, 2.45) is 56.5 Å². The van der Waals surface area contributed by atoms with Crippen molar-refractivity contribution >= 4 is 17.3 Å². The van der Waals surface area contributed by atoms with Crippen LogP contribution in [-0.2, 0) is 0 Å². The molecule has 1 heterocycles. The average Bonchev–Trinajstić information content (AvgIpc) is 3.28. The van der Waals surface area contributed by atoms with E-state index in [2.05, 4.69) is 25.9 Å². The molecule has 186 valence electrons. The Balaban J connectivity index is 1.36. The predicted molar refractivity (Wildman–Crippen MR) is 139 cm³/mol. The van der Waals surface area contributed by atoms with Crippen LogP contribution in [0.4, 0.5) is 0 Å². The van der Waals surface area contributed by atoms with Crippen molar-refractivity contribution < 1.29 is 0 Å². The van der Waals surface area contributed by atoms with Gasteiger partial charge in [-0.1, -0.05) is 72.1 Å². The van der Waals surface area contributed by atoms with E-state index in [1.807, 2.05) is 5.01 Å². The van der Waals surface area contributed by atoms with E-state index in [-0.39, 0.29) is 5.66 Å². The Morgan fingerprint density at radius 2 is 1.70 bits per heavy atom. The largest absolute Gasteiger partial charge is 0.255 e. The van der Waals surface area contributed by atoms with Crippen LogP contribution in [0.25, 0.3) is 0 Å². The van der Waals surface area contributed by atoms with Crippen molar-refractivity contribution in [1.82, 2.24) is 5.01 Å². The first-order chi connectivity index (χ1) is 15.9. The Kier molecular flexibility index (Phi) is 6.70. The fraction of sp³-hybridized carbons (Fsp3) is 0.964. The zero-order valence-electron chi connectivity index (χ0n) is 21.5. The molecule has 0 amide bonds. The zero-order chi connectivity index (χ0) is 23.3. The normalized spacial score (nSPS) is 46.5. The summed E-state index contributed by atoms with van der Waals surface area (Å²) in [7, 11) is 0. The lowest BCUT2D eigenvalue weighted by molar-refractivity contribution is -0.166. The summed E-state index contributed by atoms with van der Waals surface area (Å²) in [6, 6.07) is 0. The van der Waals surface area contributed by atoms with Gasteiger partial charge in [0.25, 0.3) is 0 Å². The summed E-state index contributed by atoms with van der Waals surface area (Å²) in [5.41, 5.74) is 0.471. The van der Waals surface area contributed by atoms with Gasteiger partial charge in [-0.05, 0) is 98.1 Å². The smallest absolute Gasteiger partial charge is 0.232 e. The molecule has 0 aromatic rings. The molecule has 4 fully saturated rings. The van der Waals surface area contributed by atoms with Crippen LogP contribution in [0.2, 0.25) is 0 Å². The molecule has 0 saturated heterocycles. The molecule has 4 saturated carbocycles. The molecule has 4 nitrogen and oxygen atoms in total. The lowest BCUT2D eigenvalue weighted by Gasteiger charge is -2.65. The Morgan fingerprint density at radius 3 is 2.45 bits per heavy atom. The fourth-order valence-corrected chi connectivity index (χ4v) is 10.2. The maximum Gasteiger partial charge on any atom is 0.232 e. The van der Waals surface area contributed by atoms with E-state index in [9.17, 15) is 0 Å². The number of hydrazine groups is 1. The van der Waals surface area contributed by atoms with E-state index >= 15 is 0 Å². The molecule has 5 rings (SSSR count). The standard InChI is InChI=1S/C28H48N4S/c1-4-5-6-7-8-9-12-20-14-15-22-21-19-28(31-30-25(33)32(28)29)24-13-10-11-17-27(24,3)23(21)16-18-26(20,22)2/h20-24H,4-19,29H2,1-3H3/t20-,21-,22-,23-,24-,26+,27+,28-/m0/s1. The van der Waals surface area contributed by atoms with E-state index in [1.54, 1.807) is 0 Å². The maximum absolute atomic E-state index is 6.69. The summed E-state index contributed by atoms with van der Waals surface area (Å²) < 4.78 is 0. The number of hydrogen-bond acceptors (Lipinski definition) is 3. The third-order valence-corrected chi connectivity index (χ3v) is 11.9. The predicted octanol–water partition coefficient (Wildman–Crippen LogP) is 8.02. The number of azo groups is 1. The second-order valence-electron chi connectivity index (χ2n) is 13.0. The minimum atomic E-state index is -0.372. The van der Waals surface area contributed by atoms with Crippen LogP contribution >= 0.6 is 12.2 Å². The summed E-state index contributed by atoms with van der Waals surface area (Å²) in [5, 5.41) is 11.7. The number of hydrogen-bond donors (Lipinski definition) is 1. The van der Waals surface area contributed by atoms with E-state index in [0.717, 1.165) is 30.1 Å². The molecule has 2 N–H and O–H groups in total. The van der Waals surface area contributed by atoms with Gasteiger partial charge in [0.05, 0.1) is 0 Å². The van der Waals surface area contributed by atoms with Crippen LogP contribution in [0.5, 0.6) is 0 Å². The first-order valence-corrected chi connectivity index (χ1v) is 14.8. The number of nitrogens with zero attached hydrogens (tertiary/aromatic N) is 3. The second kappa shape index (κ2) is 9.15. The highest BCUT2D eigenvalue weighted by Crippen LogP contribution is 2.70. The van der Waals surface area contributed by atoms with Crippen LogP contribution in [0.15, 0.2) is 10.2 Å². The quantitative estimate of drug-likeness (QED) is 0.232. The summed E-state index contributed by atoms with van der Waals surface area (Å²) in [6.45, 7) is 7.59. The topological polar surface area (TPSA) is 54.0 Å². The Morgan fingerprint density at radius 1 is 0.939 bits per heavy atom. The summed E-state index contributed by atoms with van der Waals surface area (Å²) in [4.78, 5) is 0. The van der Waals surface area contributed by atoms with Crippen LogP contribution in [0.3, 0.4) is 0 Å². The van der Waals surface area contributed by atoms with Crippen molar-refractivity contribution in [2.45, 2.75) is 129 Å². The van der Waals surface area contributed by atoms with Crippen molar-refractivity contribution in [3.8, 4) is 0 Å². The molecule has 33 heavy (non-hydrogen) atoms. The van der Waals surface area contributed by atoms with Crippen LogP contribution < -0.4 is 5.84 Å². The Bertz CT molecular complexity index is 769. The van der Waals surface area contributed by atoms with Gasteiger partial charge in [-0.25, -0.2) is 5.84 Å². The van der Waals surface area contributed by atoms with Gasteiger partial charge < -0.3 is 0 Å². The number of nitrogens with two attached hydrogens (primary N) is 1. The second-order valence-corrected chi connectivity index (χ2v) is 13.4. The minimum Gasteiger partial charge on any atom is -0.255 e. The van der Waals surface area contributed by atoms with Crippen molar-refractivity contribution in [1.29, 1.82) is 0 Å². The molecule has 4 aliphatic carbocycles. The molecule has 0 radical (unpaired) electrons. The van der Waals surface area contributed by atoms with Crippen LogP contribution in [-0.4, -0.2) is 15.8 Å². The molecule has 1 aliphatic heterocycles. The van der Waals surface area contributed by atoms with Gasteiger partial charge in [-0.2, -0.15) is 5.11 Å². The van der Waals surface area contributed by atoms with Crippen LogP contribution in [0, 0.1) is 40.4 Å². The maximum atomic E-state index is 6.69. The fourth-order valence-electron chi connectivity index (χ4n) is 9.96. The van der Waals surface area contributed by atoms with Crippen LogP contribution in [0.1, 0.15) is 124 Å². The van der Waals surface area contributed by atoms with Gasteiger partial charge >= 0.3 is 0 Å². The van der Waals surface area contributed by atoms with E-state index < -0.39 is 0 Å². The molecular formula is C28H48N4S. The highest BCUT2D eigenvalue weighted by Gasteiger charge is 2.67. The Hall–Kier alpha value is -0.550. The van der Waals surface area contributed by atoms with Gasteiger partial charge in [0, 0.05) is 5.92 Å². The van der Waals surface area contributed by atoms with Gasteiger partial charge in [-0.15, -0.1) is 5.11 Å². The molecular weight excluding hydrogens is 424 g/mol. The van der Waals surface area contributed by atoms with E-state index in [1.165, 1.54) is 96.3 Å². The van der Waals surface area contributed by atoms with Gasteiger partial charge in [0.1, 0.15) is 0 Å². The first kappa shape index (κ1) is 24.2. The molecule has 1 spiro atoms. The lowest BCUT2D eigenvalue weighted by atomic mass is 9.42. The summed E-state index contributed by atoms with van der Waals surface area (Å²) >= 11 is 5.53. The third kappa shape index (κ3) is 3.74. The van der Waals surface area contributed by atoms with Gasteiger partial charge in [0.15, 0.2) is 5.66 Å². The first-order valence-electron chi connectivity index (χ1n) is 14.4. The van der Waals surface area contributed by atoms with E-state index in [4.69, 9.17) is 23.2 Å². The molecule has 0 bridgehead atoms. The highest BCUT2D eigenvalue weighted by molar-refractivity contribution is 7.80. The van der Waals surface area contributed by atoms with Gasteiger partial charge in [-0.3, -0.25) is 5.01 Å². The number of unbranched alkanes of at least 4 members (excludes halogenated alkanes) is 5. The average molecular weight is 473 g/mol. The third-order valence-electron chi connectivity index (χ3n) is 11.7. The molecule has 0 aromatic carbocycles. The van der Waals surface area contributed by atoms with Crippen molar-refractivity contribution in [3.05, 3.63) is 0 Å². The zero-order valence-corrected chi connectivity index (χ0v) is 22.3. The number of fused-ring (bicyclic) bond motifs is 6. The monoisotopic (exact) mass is 472 g/mol. The molecule has 5 aliphatic rings. The number of thiocarbonyl (C=S) groups is 1. The minimum absolute atomic E-state index is 0.330. The van der Waals surface area contributed by atoms with E-state index in [0.29, 0.717) is 21.9 Å².